The van der Waals surface area contributed by atoms with Gasteiger partial charge in [-0.15, -0.1) is 0 Å². The number of hydrogen-bond acceptors (Lipinski definition) is 5. The van der Waals surface area contributed by atoms with Gasteiger partial charge in [0, 0.05) is 25.0 Å². The molecule has 0 aliphatic heterocycles. The molecule has 6 heteroatoms. The number of benzene rings is 1. The molecule has 1 unspecified atom stereocenters. The van der Waals surface area contributed by atoms with Gasteiger partial charge in [0.15, 0.2) is 0 Å². The maximum absolute atomic E-state index is 5.95. The van der Waals surface area contributed by atoms with E-state index in [0.29, 0.717) is 11.9 Å². The van der Waals surface area contributed by atoms with Crippen LogP contribution in [0.1, 0.15) is 24.3 Å². The lowest BCUT2D eigenvalue weighted by Crippen LogP contribution is -2.14. The lowest BCUT2D eigenvalue weighted by atomic mass is 9.93. The van der Waals surface area contributed by atoms with Crippen LogP contribution in [0.15, 0.2) is 48.9 Å². The van der Waals surface area contributed by atoms with Gasteiger partial charge < -0.3 is 11.1 Å². The molecule has 0 amide bonds. The second-order valence-electron chi connectivity index (χ2n) is 6.59. The van der Waals surface area contributed by atoms with Crippen LogP contribution in [0.4, 0.5) is 11.6 Å². The molecule has 3 aromatic rings. The number of hydrogen-bond donors (Lipinski definition) is 2. The van der Waals surface area contributed by atoms with Crippen molar-refractivity contribution in [1.29, 1.82) is 0 Å². The molecule has 0 spiro atoms. The molecule has 1 aliphatic carbocycles. The smallest absolute Gasteiger partial charge is 0.227 e. The molecule has 1 fully saturated rings. The van der Waals surface area contributed by atoms with E-state index in [9.17, 15) is 0 Å². The zero-order valence-electron chi connectivity index (χ0n) is 14.3. The molecule has 6 nitrogen and oxygen atoms in total. The molecule has 1 aliphatic rings. The molecule has 25 heavy (non-hydrogen) atoms. The Hall–Kier alpha value is -2.73. The Kier molecular flexibility index (Phi) is 4.19. The van der Waals surface area contributed by atoms with Crippen molar-refractivity contribution >= 4 is 11.6 Å². The average molecular weight is 334 g/mol. The molecule has 0 bridgehead atoms. The Morgan fingerprint density at radius 3 is 2.68 bits per heavy atom. The minimum absolute atomic E-state index is 0.488. The number of nitrogens with one attached hydrogen (secondary N) is 1. The van der Waals surface area contributed by atoms with E-state index in [1.807, 2.05) is 19.3 Å². The maximum Gasteiger partial charge on any atom is 0.227 e. The summed E-state index contributed by atoms with van der Waals surface area (Å²) >= 11 is 0. The summed E-state index contributed by atoms with van der Waals surface area (Å²) in [5, 5.41) is 7.31. The zero-order valence-corrected chi connectivity index (χ0v) is 14.3. The monoisotopic (exact) mass is 334 g/mol. The van der Waals surface area contributed by atoms with Gasteiger partial charge in [-0.2, -0.15) is 5.10 Å². The van der Waals surface area contributed by atoms with Gasteiger partial charge >= 0.3 is 0 Å². The van der Waals surface area contributed by atoms with Crippen molar-refractivity contribution in [3.05, 3.63) is 54.5 Å². The molecular formula is C19H22N6. The third-order valence-electron chi connectivity index (χ3n) is 4.70. The van der Waals surface area contributed by atoms with E-state index in [2.05, 4.69) is 44.6 Å². The normalized spacial score (nSPS) is 15.1. The van der Waals surface area contributed by atoms with E-state index in [1.54, 1.807) is 17.1 Å². The van der Waals surface area contributed by atoms with Gasteiger partial charge in [0.25, 0.3) is 0 Å². The Bertz CT molecular complexity index is 850. The van der Waals surface area contributed by atoms with Gasteiger partial charge in [-0.25, -0.2) is 9.97 Å². The number of nitrogens with two attached hydrogens (primary N) is 1. The van der Waals surface area contributed by atoms with Crippen molar-refractivity contribution in [2.45, 2.75) is 18.8 Å². The van der Waals surface area contributed by atoms with Crippen LogP contribution in [0, 0.1) is 5.92 Å². The van der Waals surface area contributed by atoms with Crippen molar-refractivity contribution in [2.75, 3.05) is 11.9 Å². The Labute approximate surface area is 147 Å². The third-order valence-corrected chi connectivity index (χ3v) is 4.70. The minimum Gasteiger partial charge on any atom is -0.330 e. The highest BCUT2D eigenvalue weighted by atomic mass is 15.3. The topological polar surface area (TPSA) is 81.7 Å². The Balaban J connectivity index is 1.54. The van der Waals surface area contributed by atoms with Gasteiger partial charge in [-0.1, -0.05) is 24.3 Å². The highest BCUT2D eigenvalue weighted by Crippen LogP contribution is 2.42. The fourth-order valence-corrected chi connectivity index (χ4v) is 3.19. The highest BCUT2D eigenvalue weighted by molar-refractivity contribution is 5.62. The van der Waals surface area contributed by atoms with Gasteiger partial charge in [0.2, 0.25) is 5.95 Å². The molecule has 1 atom stereocenters. The van der Waals surface area contributed by atoms with Crippen LogP contribution in [0.5, 0.6) is 0 Å². The number of aromatic nitrogens is 4. The van der Waals surface area contributed by atoms with Crippen LogP contribution in [0.25, 0.3) is 11.3 Å². The van der Waals surface area contributed by atoms with Crippen LogP contribution in [-0.4, -0.2) is 26.3 Å². The number of nitrogens with zero attached hydrogens (tertiary/aromatic N) is 4. The average Bonchev–Trinajstić information content (AvgIpc) is 3.39. The van der Waals surface area contributed by atoms with Crippen LogP contribution in [-0.2, 0) is 7.05 Å². The Morgan fingerprint density at radius 2 is 2.04 bits per heavy atom. The molecule has 0 radical (unpaired) electrons. The molecular weight excluding hydrogens is 312 g/mol. The lowest BCUT2D eigenvalue weighted by Gasteiger charge is -2.14. The fourth-order valence-electron chi connectivity index (χ4n) is 3.19. The molecule has 4 rings (SSSR count). The zero-order chi connectivity index (χ0) is 17.2. The molecule has 2 heterocycles. The quantitative estimate of drug-likeness (QED) is 0.724. The summed E-state index contributed by atoms with van der Waals surface area (Å²) in [4.78, 5) is 8.89. The van der Waals surface area contributed by atoms with Crippen LogP contribution < -0.4 is 11.1 Å². The van der Waals surface area contributed by atoms with Crippen LogP contribution in [0.3, 0.4) is 0 Å². The van der Waals surface area contributed by atoms with Crippen molar-refractivity contribution in [2.24, 2.45) is 18.7 Å². The molecule has 1 aromatic carbocycles. The van der Waals surface area contributed by atoms with Crippen molar-refractivity contribution in [3.63, 3.8) is 0 Å². The van der Waals surface area contributed by atoms with E-state index >= 15 is 0 Å². The molecule has 0 saturated heterocycles. The summed E-state index contributed by atoms with van der Waals surface area (Å²) in [7, 11) is 1.88. The highest BCUT2D eigenvalue weighted by Gasteiger charge is 2.31. The second kappa shape index (κ2) is 6.64. The summed E-state index contributed by atoms with van der Waals surface area (Å²) < 4.78 is 1.73. The lowest BCUT2D eigenvalue weighted by molar-refractivity contribution is 0.616. The summed E-state index contributed by atoms with van der Waals surface area (Å²) in [5.74, 6) is 1.82. The first-order chi connectivity index (χ1) is 12.2. The van der Waals surface area contributed by atoms with Crippen molar-refractivity contribution in [1.82, 2.24) is 19.7 Å². The van der Waals surface area contributed by atoms with Crippen molar-refractivity contribution < 1.29 is 0 Å². The van der Waals surface area contributed by atoms with Gasteiger partial charge in [-0.05, 0) is 42.9 Å². The molecule has 3 N–H and O–H groups in total. The SMILES string of the molecule is Cn1cc(Nc2nccc(-c3ccc(C(CN)C4CC4)cc3)n2)cn1. The fraction of sp³-hybridized carbons (Fsp3) is 0.316. The van der Waals surface area contributed by atoms with E-state index < -0.39 is 0 Å². The largest absolute Gasteiger partial charge is 0.330 e. The molecule has 2 aromatic heterocycles. The van der Waals surface area contributed by atoms with E-state index in [4.69, 9.17) is 5.73 Å². The van der Waals surface area contributed by atoms with Crippen LogP contribution >= 0.6 is 0 Å². The first-order valence-electron chi connectivity index (χ1n) is 8.62. The van der Waals surface area contributed by atoms with Crippen molar-refractivity contribution in [3.8, 4) is 11.3 Å². The third kappa shape index (κ3) is 3.53. The van der Waals surface area contributed by atoms with E-state index in [1.165, 1.54) is 18.4 Å². The molecule has 128 valence electrons. The summed E-state index contributed by atoms with van der Waals surface area (Å²) in [6, 6.07) is 10.5. The minimum atomic E-state index is 0.488. The summed E-state index contributed by atoms with van der Waals surface area (Å²) in [6.45, 7) is 0.719. The number of aryl methyl sites for hydroxylation is 1. The number of rotatable bonds is 6. The second-order valence-corrected chi connectivity index (χ2v) is 6.59. The first kappa shape index (κ1) is 15.8. The predicted molar refractivity (Wildman–Crippen MR) is 98.5 cm³/mol. The van der Waals surface area contributed by atoms with Gasteiger partial charge in [0.1, 0.15) is 0 Å². The van der Waals surface area contributed by atoms with E-state index in [-0.39, 0.29) is 0 Å². The summed E-state index contributed by atoms with van der Waals surface area (Å²) in [6.07, 6.45) is 8.00. The first-order valence-corrected chi connectivity index (χ1v) is 8.62. The van der Waals surface area contributed by atoms with E-state index in [0.717, 1.165) is 29.4 Å². The summed E-state index contributed by atoms with van der Waals surface area (Å²) in [5.41, 5.74) is 10.1. The Morgan fingerprint density at radius 1 is 1.24 bits per heavy atom. The van der Waals surface area contributed by atoms with Gasteiger partial charge in [0.05, 0.1) is 17.6 Å². The predicted octanol–water partition coefficient (Wildman–Crippen LogP) is 3.07. The number of anilines is 2. The maximum atomic E-state index is 5.95. The van der Waals surface area contributed by atoms with Crippen LogP contribution in [0.2, 0.25) is 0 Å². The molecule has 1 saturated carbocycles. The van der Waals surface area contributed by atoms with Gasteiger partial charge in [-0.3, -0.25) is 4.68 Å². The standard InChI is InChI=1S/C19H22N6/c1-25-12-16(11-22-25)23-19-21-9-8-18(24-19)15-6-4-14(5-7-15)17(10-20)13-2-3-13/h4-9,11-13,17H,2-3,10,20H2,1H3,(H,21,23,24).